The molecule has 2 heteroatoms. The Balaban J connectivity index is 1.14. The first-order valence-corrected chi connectivity index (χ1v) is 21.8. The summed E-state index contributed by atoms with van der Waals surface area (Å²) in [6, 6.07) is 64.7. The van der Waals surface area contributed by atoms with Gasteiger partial charge in [0.1, 0.15) is 0 Å². The predicted molar refractivity (Wildman–Crippen MR) is 259 cm³/mol. The van der Waals surface area contributed by atoms with Gasteiger partial charge >= 0.3 is 0 Å². The Bertz CT molecular complexity index is 3330. The van der Waals surface area contributed by atoms with E-state index < -0.39 is 0 Å². The summed E-state index contributed by atoms with van der Waals surface area (Å²) in [6.45, 7) is 5.09. The fraction of sp³-hybridized carbons (Fsp3) is 0.172. The fourth-order valence-corrected chi connectivity index (χ4v) is 11.7. The van der Waals surface area contributed by atoms with Crippen LogP contribution in [0.5, 0.6) is 0 Å². The molecule has 10 aromatic rings. The van der Waals surface area contributed by atoms with Crippen molar-refractivity contribution >= 4 is 70.9 Å². The number of anilines is 3. The predicted octanol–water partition coefficient (Wildman–Crippen LogP) is 15.7. The van der Waals surface area contributed by atoms with E-state index in [1.165, 1.54) is 136 Å². The van der Waals surface area contributed by atoms with Crippen LogP contribution in [0, 0.1) is 0 Å². The van der Waals surface area contributed by atoms with E-state index in [1.54, 1.807) is 0 Å². The second-order valence-electron chi connectivity index (χ2n) is 18.2. The summed E-state index contributed by atoms with van der Waals surface area (Å²) in [7, 11) is 4.24. The molecule has 1 heterocycles. The Morgan fingerprint density at radius 1 is 0.450 bits per heavy atom. The summed E-state index contributed by atoms with van der Waals surface area (Å²) in [5.41, 5.74) is 13.1. The molecule has 2 aliphatic rings. The second-order valence-corrected chi connectivity index (χ2v) is 18.2. The lowest BCUT2D eigenvalue weighted by Crippen LogP contribution is -2.54. The fourth-order valence-electron chi connectivity index (χ4n) is 11.7. The van der Waals surface area contributed by atoms with Crippen molar-refractivity contribution in [3.8, 4) is 33.4 Å². The zero-order valence-corrected chi connectivity index (χ0v) is 34.9. The topological polar surface area (TPSA) is 6.48 Å². The zero-order valence-electron chi connectivity index (χ0n) is 34.9. The van der Waals surface area contributed by atoms with E-state index in [0.717, 1.165) is 0 Å². The molecule has 2 nitrogen and oxygen atoms in total. The molecule has 12 rings (SSSR count). The lowest BCUT2D eigenvalue weighted by Gasteiger charge is -2.50. The molecule has 290 valence electrons. The first kappa shape index (κ1) is 35.3. The number of rotatable bonds is 5. The first-order chi connectivity index (χ1) is 29.3. The van der Waals surface area contributed by atoms with E-state index in [9.17, 15) is 0 Å². The zero-order chi connectivity index (χ0) is 40.3. The quantitative estimate of drug-likeness (QED) is 0.161. The lowest BCUT2D eigenvalue weighted by atomic mass is 9.61. The van der Waals surface area contributed by atoms with E-state index in [0.29, 0.717) is 0 Å². The Kier molecular flexibility index (Phi) is 7.61. The highest BCUT2D eigenvalue weighted by Gasteiger charge is 2.57. The average molecular weight is 773 g/mol. The van der Waals surface area contributed by atoms with Crippen molar-refractivity contribution in [1.29, 1.82) is 0 Å². The van der Waals surface area contributed by atoms with Gasteiger partial charge in [0.2, 0.25) is 0 Å². The van der Waals surface area contributed by atoms with Gasteiger partial charge in [-0.1, -0.05) is 147 Å². The third kappa shape index (κ3) is 4.88. The van der Waals surface area contributed by atoms with Crippen molar-refractivity contribution in [3.63, 3.8) is 0 Å². The standard InChI is InChI=1S/C58H48N2/c1-57-33-9-10-34-58(57,2)60(42-26-24-41(25-27-42)59(3)4)54-32-23-40(35-53(54)57)51-36-52(46-20-12-16-38-14-6-8-18-44(38)46)50-29-22-39-21-28-47(48-30-31-49(51)56(50)55(39)48)45-19-11-15-37-13-5-7-17-43(37)45/h5-8,11-32,35-36H,9-10,33-34H2,1-4H3. The van der Waals surface area contributed by atoms with Gasteiger partial charge in [-0.05, 0) is 155 Å². The van der Waals surface area contributed by atoms with Crippen LogP contribution in [0.4, 0.5) is 17.1 Å². The van der Waals surface area contributed by atoms with Crippen LogP contribution < -0.4 is 9.80 Å². The molecule has 0 bridgehead atoms. The summed E-state index contributed by atoms with van der Waals surface area (Å²) in [5.74, 6) is 0. The van der Waals surface area contributed by atoms with Crippen molar-refractivity contribution in [2.45, 2.75) is 50.5 Å². The van der Waals surface area contributed by atoms with Gasteiger partial charge in [0, 0.05) is 36.6 Å². The van der Waals surface area contributed by atoms with Crippen molar-refractivity contribution in [1.82, 2.24) is 0 Å². The van der Waals surface area contributed by atoms with Gasteiger partial charge in [0.05, 0.1) is 5.54 Å². The average Bonchev–Trinajstić information content (AvgIpc) is 3.50. The molecule has 0 N–H and O–H groups in total. The van der Waals surface area contributed by atoms with Crippen LogP contribution in [0.15, 0.2) is 170 Å². The molecule has 1 aliphatic heterocycles. The minimum Gasteiger partial charge on any atom is -0.378 e. The summed E-state index contributed by atoms with van der Waals surface area (Å²) in [5, 5.41) is 13.0. The molecule has 0 spiro atoms. The smallest absolute Gasteiger partial charge is 0.0517 e. The lowest BCUT2D eigenvalue weighted by molar-refractivity contribution is 0.195. The van der Waals surface area contributed by atoms with E-state index in [-0.39, 0.29) is 11.0 Å². The van der Waals surface area contributed by atoms with Crippen LogP contribution in [0.25, 0.3) is 87.2 Å². The molecule has 0 amide bonds. The van der Waals surface area contributed by atoms with Crippen LogP contribution in [-0.4, -0.2) is 19.6 Å². The Morgan fingerprint density at radius 2 is 1.03 bits per heavy atom. The SMILES string of the molecule is CN(C)c1ccc(N2c3ccc(-c4cc(-c5cccc6ccccc56)c5ccc6ccc(-c7cccc8ccccc78)c7ccc4c5c67)cc3C3(C)CCCCC23C)cc1. The third-order valence-electron chi connectivity index (χ3n) is 15.0. The van der Waals surface area contributed by atoms with Gasteiger partial charge in [-0.15, -0.1) is 0 Å². The highest BCUT2D eigenvalue weighted by molar-refractivity contribution is 6.31. The highest BCUT2D eigenvalue weighted by Crippen LogP contribution is 2.61. The van der Waals surface area contributed by atoms with Crippen molar-refractivity contribution < 1.29 is 0 Å². The van der Waals surface area contributed by atoms with Gasteiger partial charge in [0.15, 0.2) is 0 Å². The molecule has 0 radical (unpaired) electrons. The maximum absolute atomic E-state index is 2.70. The summed E-state index contributed by atoms with van der Waals surface area (Å²) in [6.07, 6.45) is 4.87. The third-order valence-corrected chi connectivity index (χ3v) is 15.0. The van der Waals surface area contributed by atoms with E-state index >= 15 is 0 Å². The monoisotopic (exact) mass is 772 g/mol. The van der Waals surface area contributed by atoms with E-state index in [1.807, 2.05) is 0 Å². The Labute approximate surface area is 352 Å². The van der Waals surface area contributed by atoms with Crippen LogP contribution in [0.1, 0.15) is 45.1 Å². The maximum Gasteiger partial charge on any atom is 0.0517 e. The van der Waals surface area contributed by atoms with E-state index in [2.05, 4.69) is 208 Å². The van der Waals surface area contributed by atoms with Crippen LogP contribution in [-0.2, 0) is 5.41 Å². The summed E-state index contributed by atoms with van der Waals surface area (Å²) < 4.78 is 0. The molecule has 60 heavy (non-hydrogen) atoms. The first-order valence-electron chi connectivity index (χ1n) is 21.8. The van der Waals surface area contributed by atoms with Gasteiger partial charge < -0.3 is 9.80 Å². The highest BCUT2D eigenvalue weighted by atomic mass is 15.3. The molecule has 0 aromatic heterocycles. The Morgan fingerprint density at radius 3 is 1.75 bits per heavy atom. The van der Waals surface area contributed by atoms with Crippen molar-refractivity contribution in [2.75, 3.05) is 23.9 Å². The molecule has 0 saturated heterocycles. The number of fused-ring (bicyclic) bond motifs is 5. The summed E-state index contributed by atoms with van der Waals surface area (Å²) >= 11 is 0. The molecule has 1 saturated carbocycles. The van der Waals surface area contributed by atoms with Gasteiger partial charge in [-0.3, -0.25) is 0 Å². The largest absolute Gasteiger partial charge is 0.378 e. The van der Waals surface area contributed by atoms with Crippen LogP contribution in [0.2, 0.25) is 0 Å². The van der Waals surface area contributed by atoms with Crippen molar-refractivity contribution in [2.24, 2.45) is 0 Å². The van der Waals surface area contributed by atoms with Gasteiger partial charge in [0.25, 0.3) is 0 Å². The molecule has 10 aromatic carbocycles. The second kappa shape index (κ2) is 12.9. The van der Waals surface area contributed by atoms with E-state index in [4.69, 9.17) is 0 Å². The number of nitrogens with zero attached hydrogens (tertiary/aromatic N) is 2. The Hall–Kier alpha value is -6.64. The normalized spacial score (nSPS) is 18.8. The minimum atomic E-state index is -0.0272. The molecule has 2 atom stereocenters. The van der Waals surface area contributed by atoms with Gasteiger partial charge in [-0.25, -0.2) is 0 Å². The number of hydrogen-bond acceptors (Lipinski definition) is 2. The van der Waals surface area contributed by atoms with Crippen LogP contribution in [0.3, 0.4) is 0 Å². The van der Waals surface area contributed by atoms with Gasteiger partial charge in [-0.2, -0.15) is 0 Å². The molecular weight excluding hydrogens is 725 g/mol. The van der Waals surface area contributed by atoms with Crippen LogP contribution >= 0.6 is 0 Å². The number of hydrogen-bond donors (Lipinski definition) is 0. The van der Waals surface area contributed by atoms with Crippen molar-refractivity contribution in [3.05, 3.63) is 175 Å². The maximum atomic E-state index is 2.70. The minimum absolute atomic E-state index is 0.00637. The molecule has 2 unspecified atom stereocenters. The molecule has 1 aliphatic carbocycles. The molecule has 1 fully saturated rings. The summed E-state index contributed by atoms with van der Waals surface area (Å²) in [4.78, 5) is 4.89. The molecular formula is C58H48N2. The number of benzene rings is 10.